The number of hydrogen-bond donors (Lipinski definition) is 1. The van der Waals surface area contributed by atoms with E-state index >= 15 is 0 Å². The molecule has 13 heteroatoms. The Balaban J connectivity index is 1.35. The predicted octanol–water partition coefficient (Wildman–Crippen LogP) is 6.05. The minimum atomic E-state index is -3.47. The van der Waals surface area contributed by atoms with Crippen LogP contribution in [0.3, 0.4) is 0 Å². The van der Waals surface area contributed by atoms with E-state index in [2.05, 4.69) is 31.2 Å². The average Bonchev–Trinajstić information content (AvgIpc) is 3.55. The van der Waals surface area contributed by atoms with Gasteiger partial charge in [0, 0.05) is 52.4 Å². The topological polar surface area (TPSA) is 145 Å². The third-order valence-electron chi connectivity index (χ3n) is 7.97. The van der Waals surface area contributed by atoms with Crippen molar-refractivity contribution in [2.45, 2.75) is 50.0 Å². The molecule has 11 nitrogen and oxygen atoms in total. The Labute approximate surface area is 274 Å². The Bertz CT molecular complexity index is 1990. The van der Waals surface area contributed by atoms with Crippen LogP contribution in [0.5, 0.6) is 11.5 Å². The van der Waals surface area contributed by atoms with Crippen LogP contribution in [0.4, 0.5) is 0 Å². The molecule has 0 radical (unpaired) electrons. The van der Waals surface area contributed by atoms with Gasteiger partial charge in [-0.2, -0.15) is 0 Å². The smallest absolute Gasteiger partial charge is 0.320 e. The second-order valence-corrected chi connectivity index (χ2v) is 14.0. The van der Waals surface area contributed by atoms with Gasteiger partial charge in [0.25, 0.3) is 0 Å². The summed E-state index contributed by atoms with van der Waals surface area (Å²) in [7, 11) is -3.47. The van der Waals surface area contributed by atoms with Gasteiger partial charge in [0.2, 0.25) is 0 Å². The maximum atomic E-state index is 12.1. The molecule has 2 aromatic heterocycles. The molecule has 0 unspecified atom stereocenters. The molecule has 238 valence electrons. The van der Waals surface area contributed by atoms with E-state index in [4.69, 9.17) is 14.1 Å². The second kappa shape index (κ2) is 13.6. The van der Waals surface area contributed by atoms with E-state index < -0.39 is 21.8 Å². The van der Waals surface area contributed by atoms with Gasteiger partial charge in [-0.05, 0) is 62.8 Å². The van der Waals surface area contributed by atoms with E-state index in [1.54, 1.807) is 6.07 Å². The number of carboxylic acid groups (broad SMARTS) is 1. The zero-order chi connectivity index (χ0) is 32.3. The lowest BCUT2D eigenvalue weighted by atomic mass is 10.0. The highest BCUT2D eigenvalue weighted by atomic mass is 79.9. The summed E-state index contributed by atoms with van der Waals surface area (Å²) in [6.07, 6.45) is 6.17. The quantitative estimate of drug-likeness (QED) is 0.171. The molecule has 3 aromatic carbocycles. The lowest BCUT2D eigenvalue weighted by Crippen LogP contribution is -2.44. The number of rotatable bonds is 11. The van der Waals surface area contributed by atoms with Gasteiger partial charge in [-0.3, -0.25) is 14.7 Å². The third-order valence-corrected chi connectivity index (χ3v) is 9.98. The molecule has 1 aliphatic rings. The van der Waals surface area contributed by atoms with Crippen LogP contribution in [0, 0.1) is 0 Å². The van der Waals surface area contributed by atoms with Gasteiger partial charge in [0.1, 0.15) is 30.5 Å². The maximum Gasteiger partial charge on any atom is 0.320 e. The van der Waals surface area contributed by atoms with E-state index in [0.29, 0.717) is 46.6 Å². The molecule has 0 saturated carbocycles. The zero-order valence-electron chi connectivity index (χ0n) is 24.9. The van der Waals surface area contributed by atoms with E-state index in [0.717, 1.165) is 40.3 Å². The highest BCUT2D eigenvalue weighted by Gasteiger charge is 2.31. The molecule has 1 atom stereocenters. The standard InChI is InChI=1S/C33H31BrN4O7S/c1-46(41,42)24-14-21(16-35-17-24)19-43-28-15-29(44-20-23-10-7-11-25(30(23)34)22-8-3-2-4-9-22)32-31(36-45-37-32)26(28)18-38-13-6-5-12-27(38)33(39)40/h2-4,7-11,14-17,27H,5-6,12-13,18-20H2,1H3,(H,39,40)/t27-/m0/s1. The molecule has 1 fully saturated rings. The lowest BCUT2D eigenvalue weighted by molar-refractivity contribution is -0.144. The van der Waals surface area contributed by atoms with Gasteiger partial charge in [-0.1, -0.05) is 55.0 Å². The molecule has 3 heterocycles. The van der Waals surface area contributed by atoms with E-state index in [9.17, 15) is 18.3 Å². The normalized spacial score (nSPS) is 15.6. The fourth-order valence-electron chi connectivity index (χ4n) is 5.59. The Morgan fingerprint density at radius 3 is 2.57 bits per heavy atom. The van der Waals surface area contributed by atoms with Crippen molar-refractivity contribution in [3.05, 3.63) is 94.2 Å². The number of fused-ring (bicyclic) bond motifs is 1. The molecule has 0 aliphatic carbocycles. The predicted molar refractivity (Wildman–Crippen MR) is 173 cm³/mol. The highest BCUT2D eigenvalue weighted by molar-refractivity contribution is 9.10. The Hall–Kier alpha value is -4.33. The van der Waals surface area contributed by atoms with Crippen molar-refractivity contribution in [3.8, 4) is 22.6 Å². The van der Waals surface area contributed by atoms with Gasteiger partial charge in [0.05, 0.1) is 4.90 Å². The number of likely N-dealkylation sites (tertiary alicyclic amines) is 1. The molecule has 1 saturated heterocycles. The molecule has 6 rings (SSSR count). The number of sulfone groups is 1. The molecule has 46 heavy (non-hydrogen) atoms. The lowest BCUT2D eigenvalue weighted by Gasteiger charge is -2.33. The van der Waals surface area contributed by atoms with Crippen LogP contribution in [0.15, 0.2) is 87.1 Å². The summed E-state index contributed by atoms with van der Waals surface area (Å²) in [4.78, 5) is 18.1. The van der Waals surface area contributed by atoms with Crippen molar-refractivity contribution in [1.29, 1.82) is 0 Å². The van der Waals surface area contributed by atoms with Gasteiger partial charge < -0.3 is 14.6 Å². The number of nitrogens with zero attached hydrogens (tertiary/aromatic N) is 4. The fourth-order valence-corrected chi connectivity index (χ4v) is 6.81. The van der Waals surface area contributed by atoms with Crippen LogP contribution in [-0.2, 0) is 34.4 Å². The van der Waals surface area contributed by atoms with Gasteiger partial charge in [-0.15, -0.1) is 0 Å². The number of benzene rings is 3. The van der Waals surface area contributed by atoms with Gasteiger partial charge in [0.15, 0.2) is 21.1 Å². The van der Waals surface area contributed by atoms with Crippen molar-refractivity contribution in [2.24, 2.45) is 0 Å². The number of pyridine rings is 1. The number of hydrogen-bond acceptors (Lipinski definition) is 10. The molecular formula is C33H31BrN4O7S. The fraction of sp³-hybridized carbons (Fsp3) is 0.273. The van der Waals surface area contributed by atoms with Crippen molar-refractivity contribution >= 4 is 42.8 Å². The maximum absolute atomic E-state index is 12.1. The molecular weight excluding hydrogens is 676 g/mol. The number of carbonyl (C=O) groups is 1. The summed E-state index contributed by atoms with van der Waals surface area (Å²) < 4.78 is 42.9. The number of aromatic nitrogens is 3. The molecule has 0 spiro atoms. The van der Waals surface area contributed by atoms with Crippen molar-refractivity contribution in [3.63, 3.8) is 0 Å². The monoisotopic (exact) mass is 706 g/mol. The third kappa shape index (κ3) is 6.91. The first-order chi connectivity index (χ1) is 22.2. The first kappa shape index (κ1) is 31.6. The molecule has 1 aliphatic heterocycles. The van der Waals surface area contributed by atoms with Crippen molar-refractivity contribution < 1.29 is 32.4 Å². The summed E-state index contributed by atoms with van der Waals surface area (Å²) in [5.74, 6) is -0.137. The van der Waals surface area contributed by atoms with Crippen LogP contribution in [-0.4, -0.2) is 58.5 Å². The molecule has 0 amide bonds. The largest absolute Gasteiger partial charge is 0.488 e. The number of halogens is 1. The Morgan fingerprint density at radius 1 is 1.00 bits per heavy atom. The van der Waals surface area contributed by atoms with Gasteiger partial charge >= 0.3 is 5.97 Å². The average molecular weight is 708 g/mol. The van der Waals surface area contributed by atoms with Crippen LogP contribution < -0.4 is 9.47 Å². The summed E-state index contributed by atoms with van der Waals surface area (Å²) >= 11 is 3.75. The van der Waals surface area contributed by atoms with E-state index in [-0.39, 0.29) is 24.7 Å². The Morgan fingerprint density at radius 2 is 1.78 bits per heavy atom. The Kier molecular flexibility index (Phi) is 9.34. The summed E-state index contributed by atoms with van der Waals surface area (Å²) in [5, 5.41) is 18.2. The zero-order valence-corrected chi connectivity index (χ0v) is 27.3. The number of aliphatic carboxylic acids is 1. The van der Waals surface area contributed by atoms with Crippen LogP contribution in [0.25, 0.3) is 22.2 Å². The van der Waals surface area contributed by atoms with Crippen LogP contribution in [0.1, 0.15) is 36.0 Å². The van der Waals surface area contributed by atoms with Crippen LogP contribution >= 0.6 is 15.9 Å². The molecule has 0 bridgehead atoms. The summed E-state index contributed by atoms with van der Waals surface area (Å²) in [6.45, 7) is 0.999. The first-order valence-corrected chi connectivity index (χ1v) is 17.3. The number of carboxylic acids is 1. The number of piperidine rings is 1. The van der Waals surface area contributed by atoms with Gasteiger partial charge in [-0.25, -0.2) is 13.0 Å². The number of ether oxygens (including phenoxy) is 2. The molecule has 1 N–H and O–H groups in total. The minimum absolute atomic E-state index is 0.00733. The van der Waals surface area contributed by atoms with E-state index in [1.165, 1.54) is 18.5 Å². The second-order valence-electron chi connectivity index (χ2n) is 11.2. The molecule has 5 aromatic rings. The summed E-state index contributed by atoms with van der Waals surface area (Å²) in [6, 6.07) is 18.5. The minimum Gasteiger partial charge on any atom is -0.488 e. The SMILES string of the molecule is CS(=O)(=O)c1cncc(COc2cc(OCc3cccc(-c4ccccc4)c3Br)c3nonc3c2CN2CCCC[C@H]2C(=O)O)c1. The van der Waals surface area contributed by atoms with Crippen LogP contribution in [0.2, 0.25) is 0 Å². The highest BCUT2D eigenvalue weighted by Crippen LogP contribution is 2.38. The van der Waals surface area contributed by atoms with Crippen molar-refractivity contribution in [2.75, 3.05) is 12.8 Å². The summed E-state index contributed by atoms with van der Waals surface area (Å²) in [5.41, 5.74) is 4.89. The van der Waals surface area contributed by atoms with Crippen molar-refractivity contribution in [1.82, 2.24) is 20.2 Å². The first-order valence-electron chi connectivity index (χ1n) is 14.7. The van der Waals surface area contributed by atoms with E-state index in [1.807, 2.05) is 53.4 Å².